The molecule has 1 aromatic carbocycles. The molecule has 1 N–H and O–H groups in total. The minimum absolute atomic E-state index is 0.263. The predicted octanol–water partition coefficient (Wildman–Crippen LogP) is 2.89. The zero-order valence-corrected chi connectivity index (χ0v) is 14.4. The van der Waals surface area contributed by atoms with E-state index in [2.05, 4.69) is 28.4 Å². The monoisotopic (exact) mass is 328 g/mol. The van der Waals surface area contributed by atoms with Crippen molar-refractivity contribution in [3.8, 4) is 5.75 Å². The van der Waals surface area contributed by atoms with Crippen LogP contribution in [0.25, 0.3) is 0 Å². The van der Waals surface area contributed by atoms with E-state index < -0.39 is 0 Å². The van der Waals surface area contributed by atoms with Crippen molar-refractivity contribution in [1.29, 1.82) is 0 Å². The summed E-state index contributed by atoms with van der Waals surface area (Å²) >= 11 is 0. The average molecular weight is 328 g/mol. The zero-order chi connectivity index (χ0) is 16.4. The number of fused-ring (bicyclic) bond motifs is 1. The molecule has 1 aromatic rings. The third-order valence-corrected chi connectivity index (χ3v) is 5.60. The van der Waals surface area contributed by atoms with E-state index in [1.807, 2.05) is 0 Å². The highest BCUT2D eigenvalue weighted by Crippen LogP contribution is 2.29. The van der Waals surface area contributed by atoms with Gasteiger partial charge in [0.2, 0.25) is 5.91 Å². The Morgan fingerprint density at radius 2 is 2.04 bits per heavy atom. The maximum atomic E-state index is 12.8. The van der Waals surface area contributed by atoms with Crippen LogP contribution in [0.1, 0.15) is 49.7 Å². The Balaban J connectivity index is 1.41. The van der Waals surface area contributed by atoms with Crippen molar-refractivity contribution in [1.82, 2.24) is 10.2 Å². The van der Waals surface area contributed by atoms with E-state index in [0.29, 0.717) is 12.6 Å². The predicted molar refractivity (Wildman–Crippen MR) is 94.0 cm³/mol. The van der Waals surface area contributed by atoms with Crippen LogP contribution in [0.5, 0.6) is 5.75 Å². The second kappa shape index (κ2) is 7.14. The second-order valence-electron chi connectivity index (χ2n) is 7.57. The lowest BCUT2D eigenvalue weighted by atomic mass is 10.1. The van der Waals surface area contributed by atoms with Crippen molar-refractivity contribution < 1.29 is 9.53 Å². The average Bonchev–Trinajstić information content (AvgIpc) is 3.08. The lowest BCUT2D eigenvalue weighted by molar-refractivity contribution is -0.133. The van der Waals surface area contributed by atoms with E-state index in [9.17, 15) is 4.79 Å². The van der Waals surface area contributed by atoms with Gasteiger partial charge in [-0.25, -0.2) is 0 Å². The number of nitrogens with zero attached hydrogens (tertiary/aromatic N) is 1. The second-order valence-corrected chi connectivity index (χ2v) is 7.57. The molecular formula is C20H28N2O2. The molecule has 2 aliphatic carbocycles. The van der Waals surface area contributed by atoms with Crippen LogP contribution in [0, 0.1) is 5.92 Å². The first-order chi connectivity index (χ1) is 11.8. The Kier molecular flexibility index (Phi) is 4.74. The molecule has 4 rings (SSSR count). The van der Waals surface area contributed by atoms with Crippen LogP contribution in [0.4, 0.5) is 0 Å². The fourth-order valence-electron chi connectivity index (χ4n) is 3.98. The van der Waals surface area contributed by atoms with Crippen LogP contribution in [-0.2, 0) is 17.8 Å². The molecular weight excluding hydrogens is 300 g/mol. The van der Waals surface area contributed by atoms with Gasteiger partial charge in [-0.15, -0.1) is 0 Å². The van der Waals surface area contributed by atoms with E-state index in [4.69, 9.17) is 4.74 Å². The van der Waals surface area contributed by atoms with E-state index in [1.165, 1.54) is 36.8 Å². The van der Waals surface area contributed by atoms with Crippen molar-refractivity contribution in [2.24, 2.45) is 5.92 Å². The summed E-state index contributed by atoms with van der Waals surface area (Å²) in [6.07, 6.45) is 8.45. The van der Waals surface area contributed by atoms with Crippen LogP contribution in [0.2, 0.25) is 0 Å². The number of carbonyl (C=O) groups excluding carboxylic acids is 1. The molecule has 2 fully saturated rings. The Morgan fingerprint density at radius 1 is 1.21 bits per heavy atom. The maximum Gasteiger partial charge on any atom is 0.237 e. The summed E-state index contributed by atoms with van der Waals surface area (Å²) in [6, 6.07) is 6.84. The molecule has 130 valence electrons. The van der Waals surface area contributed by atoms with Gasteiger partial charge in [0.1, 0.15) is 5.75 Å². The SMILES string of the molecule is O=C(CNCC1CC1)N(Cc1ccc2c(c1)CCO2)C1CCCC1. The molecule has 4 nitrogen and oxygen atoms in total. The van der Waals surface area contributed by atoms with E-state index in [0.717, 1.165) is 50.6 Å². The highest BCUT2D eigenvalue weighted by Gasteiger charge is 2.27. The summed E-state index contributed by atoms with van der Waals surface area (Å²) in [6.45, 7) is 3.01. The number of nitrogens with one attached hydrogen (secondary N) is 1. The molecule has 2 saturated carbocycles. The molecule has 4 heteroatoms. The third kappa shape index (κ3) is 3.75. The maximum absolute atomic E-state index is 12.8. The van der Waals surface area contributed by atoms with Crippen LogP contribution < -0.4 is 10.1 Å². The zero-order valence-electron chi connectivity index (χ0n) is 14.4. The number of amides is 1. The van der Waals surface area contributed by atoms with Crippen molar-refractivity contribution in [2.45, 2.75) is 57.5 Å². The summed E-state index contributed by atoms with van der Waals surface area (Å²) in [5.41, 5.74) is 2.53. The number of benzene rings is 1. The highest BCUT2D eigenvalue weighted by molar-refractivity contribution is 5.78. The number of hydrogen-bond acceptors (Lipinski definition) is 3. The van der Waals surface area contributed by atoms with Gasteiger partial charge in [-0.1, -0.05) is 25.0 Å². The lowest BCUT2D eigenvalue weighted by Gasteiger charge is -2.29. The van der Waals surface area contributed by atoms with Gasteiger partial charge in [0, 0.05) is 19.0 Å². The van der Waals surface area contributed by atoms with Gasteiger partial charge in [0.05, 0.1) is 13.2 Å². The van der Waals surface area contributed by atoms with Gasteiger partial charge in [-0.3, -0.25) is 4.79 Å². The van der Waals surface area contributed by atoms with Gasteiger partial charge < -0.3 is 15.0 Å². The smallest absolute Gasteiger partial charge is 0.237 e. The molecule has 1 aliphatic heterocycles. The van der Waals surface area contributed by atoms with Crippen LogP contribution in [0.3, 0.4) is 0 Å². The summed E-state index contributed by atoms with van der Waals surface area (Å²) in [7, 11) is 0. The molecule has 24 heavy (non-hydrogen) atoms. The molecule has 0 unspecified atom stereocenters. The highest BCUT2D eigenvalue weighted by atomic mass is 16.5. The van der Waals surface area contributed by atoms with E-state index in [1.54, 1.807) is 0 Å². The van der Waals surface area contributed by atoms with Gasteiger partial charge >= 0.3 is 0 Å². The minimum atomic E-state index is 0.263. The van der Waals surface area contributed by atoms with Gasteiger partial charge in [0.25, 0.3) is 0 Å². The molecule has 0 aromatic heterocycles. The first-order valence-electron chi connectivity index (χ1n) is 9.54. The van der Waals surface area contributed by atoms with E-state index >= 15 is 0 Å². The summed E-state index contributed by atoms with van der Waals surface area (Å²) in [4.78, 5) is 14.9. The molecule has 0 bridgehead atoms. The standard InChI is InChI=1S/C20H28N2O2/c23-20(13-21-12-15-5-6-15)22(18-3-1-2-4-18)14-16-7-8-19-17(11-16)9-10-24-19/h7-8,11,15,18,21H,1-6,9-10,12-14H2. The summed E-state index contributed by atoms with van der Waals surface area (Å²) in [5, 5.41) is 3.37. The molecule has 1 amide bonds. The third-order valence-electron chi connectivity index (χ3n) is 5.60. The molecule has 3 aliphatic rings. The van der Waals surface area contributed by atoms with Gasteiger partial charge in [0.15, 0.2) is 0 Å². The Bertz CT molecular complexity index is 591. The molecule has 0 saturated heterocycles. The van der Waals surface area contributed by atoms with Crippen molar-refractivity contribution in [3.05, 3.63) is 29.3 Å². The van der Waals surface area contributed by atoms with Crippen molar-refractivity contribution in [3.63, 3.8) is 0 Å². The fourth-order valence-corrected chi connectivity index (χ4v) is 3.98. The topological polar surface area (TPSA) is 41.6 Å². The molecule has 0 spiro atoms. The van der Waals surface area contributed by atoms with Crippen LogP contribution >= 0.6 is 0 Å². The molecule has 1 heterocycles. The van der Waals surface area contributed by atoms with Gasteiger partial charge in [-0.2, -0.15) is 0 Å². The number of rotatable bonds is 7. The number of carbonyl (C=O) groups is 1. The van der Waals surface area contributed by atoms with Gasteiger partial charge in [-0.05, 0) is 55.3 Å². The van der Waals surface area contributed by atoms with Crippen molar-refractivity contribution in [2.75, 3.05) is 19.7 Å². The largest absolute Gasteiger partial charge is 0.493 e. The number of hydrogen-bond donors (Lipinski definition) is 1. The van der Waals surface area contributed by atoms with Crippen molar-refractivity contribution >= 4 is 5.91 Å². The Labute approximate surface area is 144 Å². The first-order valence-corrected chi connectivity index (χ1v) is 9.54. The fraction of sp³-hybridized carbons (Fsp3) is 0.650. The summed E-state index contributed by atoms with van der Waals surface area (Å²) < 4.78 is 5.60. The first kappa shape index (κ1) is 15.9. The quantitative estimate of drug-likeness (QED) is 0.837. The minimum Gasteiger partial charge on any atom is -0.493 e. The Hall–Kier alpha value is -1.55. The van der Waals surface area contributed by atoms with Crippen LogP contribution in [0.15, 0.2) is 18.2 Å². The summed E-state index contributed by atoms with van der Waals surface area (Å²) in [5.74, 6) is 2.09. The molecule has 0 atom stereocenters. The van der Waals surface area contributed by atoms with Crippen LogP contribution in [-0.4, -0.2) is 36.5 Å². The normalized spacial score (nSPS) is 20.0. The lowest BCUT2D eigenvalue weighted by Crippen LogP contribution is -2.43. The molecule has 0 radical (unpaired) electrons. The Morgan fingerprint density at radius 3 is 2.83 bits per heavy atom. The van der Waals surface area contributed by atoms with E-state index in [-0.39, 0.29) is 5.91 Å². The number of ether oxygens (including phenoxy) is 1.